The van der Waals surface area contributed by atoms with E-state index in [0.29, 0.717) is 30.9 Å². The van der Waals surface area contributed by atoms with Crippen LogP contribution in [-0.4, -0.2) is 68.2 Å². The Kier molecular flexibility index (Phi) is 8.30. The first-order chi connectivity index (χ1) is 17.5. The molecule has 0 unspecified atom stereocenters. The van der Waals surface area contributed by atoms with Crippen LogP contribution in [0.25, 0.3) is 0 Å². The summed E-state index contributed by atoms with van der Waals surface area (Å²) in [6.07, 6.45) is 4.50. The molecule has 4 N–H and O–H groups in total. The van der Waals surface area contributed by atoms with Crippen LogP contribution in [0, 0.1) is 0 Å². The topological polar surface area (TPSA) is 129 Å². The van der Waals surface area contributed by atoms with Crippen molar-refractivity contribution in [1.29, 1.82) is 0 Å². The average molecular weight is 532 g/mol. The summed E-state index contributed by atoms with van der Waals surface area (Å²) in [5, 5.41) is 23.6. The van der Waals surface area contributed by atoms with Crippen molar-refractivity contribution in [3.63, 3.8) is 0 Å². The molecule has 37 heavy (non-hydrogen) atoms. The second-order valence-electron chi connectivity index (χ2n) is 10.6. The van der Waals surface area contributed by atoms with Gasteiger partial charge in [0.25, 0.3) is 0 Å². The minimum atomic E-state index is -3.53. The molecule has 1 saturated carbocycles. The van der Waals surface area contributed by atoms with Crippen molar-refractivity contribution in [3.05, 3.63) is 53.6 Å². The van der Waals surface area contributed by atoms with E-state index in [2.05, 4.69) is 53.1 Å². The quantitative estimate of drug-likeness (QED) is 0.346. The number of aliphatic imine (C=N–C) groups is 1. The number of aliphatic hydroxyl groups is 1. The summed E-state index contributed by atoms with van der Waals surface area (Å²) in [4.78, 5) is 4.65. The van der Waals surface area contributed by atoms with Crippen LogP contribution in [0.3, 0.4) is 0 Å². The van der Waals surface area contributed by atoms with E-state index in [1.807, 2.05) is 0 Å². The monoisotopic (exact) mass is 531 g/mol. The average Bonchev–Trinajstić information content (AvgIpc) is 3.22. The van der Waals surface area contributed by atoms with Gasteiger partial charge >= 0.3 is 0 Å². The third kappa shape index (κ3) is 7.83. The molecule has 2 aromatic rings. The highest BCUT2D eigenvalue weighted by atomic mass is 32.2. The van der Waals surface area contributed by atoms with Gasteiger partial charge in [-0.05, 0) is 75.3 Å². The van der Waals surface area contributed by atoms with Crippen molar-refractivity contribution >= 4 is 21.6 Å². The highest BCUT2D eigenvalue weighted by Crippen LogP contribution is 2.33. The van der Waals surface area contributed by atoms with Gasteiger partial charge in [0, 0.05) is 24.2 Å². The second-order valence-corrected chi connectivity index (χ2v) is 12.4. The van der Waals surface area contributed by atoms with Gasteiger partial charge in [-0.25, -0.2) is 13.4 Å². The second kappa shape index (κ2) is 11.3. The lowest BCUT2D eigenvalue weighted by Crippen LogP contribution is -2.39. The zero-order valence-electron chi connectivity index (χ0n) is 21.6. The van der Waals surface area contributed by atoms with Gasteiger partial charge in [0.2, 0.25) is 15.9 Å². The number of phenolic OH excluding ortho intramolecular Hbond substituents is 1. The molecular weight excluding hydrogens is 494 g/mol. The molecule has 0 amide bonds. The highest BCUT2D eigenvalue weighted by Gasteiger charge is 2.27. The van der Waals surface area contributed by atoms with Gasteiger partial charge in [-0.1, -0.05) is 12.1 Å². The van der Waals surface area contributed by atoms with Crippen LogP contribution in [0.15, 0.2) is 47.5 Å². The Morgan fingerprint density at radius 1 is 1.14 bits per heavy atom. The maximum Gasteiger partial charge on any atom is 0.229 e. The first-order valence-electron chi connectivity index (χ1n) is 12.7. The van der Waals surface area contributed by atoms with Gasteiger partial charge in [0.05, 0.1) is 17.5 Å². The normalized spacial score (nSPS) is 22.1. The van der Waals surface area contributed by atoms with Crippen molar-refractivity contribution < 1.29 is 28.1 Å². The number of anilines is 1. The SMILES string of the molecule is CC1(C)COC(c2ccc(C3CCC(NC[C@@H](O)COc4ccc(O)c(NS(C)(=O)=O)c4)CC3)cc2)=N1. The third-order valence-corrected chi connectivity index (χ3v) is 7.26. The number of sulfonamides is 1. The standard InChI is InChI=1S/C27H37N3O6S/c1-27(2)17-36-26(29-27)20-6-4-18(5-7-20)19-8-10-21(11-9-19)28-15-22(31)16-35-23-12-13-25(32)24(14-23)30-37(3,33)34/h4-7,12-14,19,21-22,28,30-32H,8-11,15-17H2,1-3H3/t19?,21?,22-/m1/s1. The smallest absolute Gasteiger partial charge is 0.229 e. The minimum absolute atomic E-state index is 0.0311. The zero-order chi connectivity index (χ0) is 26.6. The number of rotatable bonds is 10. The van der Waals surface area contributed by atoms with E-state index < -0.39 is 16.1 Å². The van der Waals surface area contributed by atoms with Gasteiger partial charge in [0.15, 0.2) is 0 Å². The minimum Gasteiger partial charge on any atom is -0.506 e. The molecule has 0 radical (unpaired) electrons. The lowest BCUT2D eigenvalue weighted by molar-refractivity contribution is 0.101. The molecule has 0 bridgehead atoms. The molecular formula is C27H37N3O6S. The van der Waals surface area contributed by atoms with E-state index in [-0.39, 0.29) is 23.6 Å². The molecule has 2 aromatic carbocycles. The van der Waals surface area contributed by atoms with Crippen LogP contribution < -0.4 is 14.8 Å². The molecule has 10 heteroatoms. The Bertz CT molecular complexity index is 1210. The molecule has 1 atom stereocenters. The summed E-state index contributed by atoms with van der Waals surface area (Å²) >= 11 is 0. The molecule has 0 spiro atoms. The molecule has 1 fully saturated rings. The summed E-state index contributed by atoms with van der Waals surface area (Å²) in [5.74, 6) is 1.40. The molecule has 9 nitrogen and oxygen atoms in total. The van der Waals surface area contributed by atoms with Crippen molar-refractivity contribution in [2.75, 3.05) is 30.7 Å². The van der Waals surface area contributed by atoms with Crippen molar-refractivity contribution in [3.8, 4) is 11.5 Å². The highest BCUT2D eigenvalue weighted by molar-refractivity contribution is 7.92. The molecule has 1 aliphatic heterocycles. The number of benzene rings is 2. The maximum absolute atomic E-state index is 11.4. The predicted octanol–water partition coefficient (Wildman–Crippen LogP) is 3.37. The molecule has 2 aliphatic rings. The van der Waals surface area contributed by atoms with Crippen molar-refractivity contribution in [2.24, 2.45) is 4.99 Å². The Labute approximate surface area is 219 Å². The van der Waals surface area contributed by atoms with Crippen LogP contribution in [-0.2, 0) is 14.8 Å². The van der Waals surface area contributed by atoms with E-state index in [4.69, 9.17) is 9.47 Å². The van der Waals surface area contributed by atoms with Crippen LogP contribution in [0.5, 0.6) is 11.5 Å². The number of hydrogen-bond donors (Lipinski definition) is 4. The first-order valence-corrected chi connectivity index (χ1v) is 14.5. The van der Waals surface area contributed by atoms with E-state index in [9.17, 15) is 18.6 Å². The van der Waals surface area contributed by atoms with Gasteiger partial charge in [-0.15, -0.1) is 0 Å². The summed E-state index contributed by atoms with van der Waals surface area (Å²) in [5.41, 5.74) is 2.23. The Hall–Kier alpha value is -2.82. The van der Waals surface area contributed by atoms with Crippen LogP contribution in [0.1, 0.15) is 56.6 Å². The van der Waals surface area contributed by atoms with Gasteiger partial charge in [0.1, 0.15) is 30.8 Å². The summed E-state index contributed by atoms with van der Waals surface area (Å²) in [7, 11) is -3.53. The molecule has 202 valence electrons. The van der Waals surface area contributed by atoms with E-state index in [0.717, 1.165) is 43.4 Å². The number of ether oxygens (including phenoxy) is 2. The maximum atomic E-state index is 11.4. The largest absolute Gasteiger partial charge is 0.506 e. The fourth-order valence-electron chi connectivity index (χ4n) is 4.70. The van der Waals surface area contributed by atoms with Crippen LogP contribution >= 0.6 is 0 Å². The number of nitrogens with one attached hydrogen (secondary N) is 2. The lowest BCUT2D eigenvalue weighted by Gasteiger charge is -2.30. The summed E-state index contributed by atoms with van der Waals surface area (Å²) < 4.78 is 36.4. The molecule has 1 heterocycles. The predicted molar refractivity (Wildman–Crippen MR) is 144 cm³/mol. The number of aliphatic hydroxyl groups excluding tert-OH is 1. The molecule has 0 saturated heterocycles. The van der Waals surface area contributed by atoms with Gasteiger partial charge in [-0.2, -0.15) is 0 Å². The third-order valence-electron chi connectivity index (χ3n) is 6.67. The molecule has 4 rings (SSSR count). The molecule has 1 aliphatic carbocycles. The van der Waals surface area contributed by atoms with E-state index in [1.54, 1.807) is 0 Å². The number of nitrogens with zero attached hydrogens (tertiary/aromatic N) is 1. The van der Waals surface area contributed by atoms with Crippen molar-refractivity contribution in [2.45, 2.75) is 63.1 Å². The molecule has 0 aromatic heterocycles. The summed E-state index contributed by atoms with van der Waals surface area (Å²) in [6, 6.07) is 13.2. The van der Waals surface area contributed by atoms with Crippen LogP contribution in [0.4, 0.5) is 5.69 Å². The van der Waals surface area contributed by atoms with E-state index >= 15 is 0 Å². The van der Waals surface area contributed by atoms with Gasteiger partial charge in [-0.3, -0.25) is 4.72 Å². The Morgan fingerprint density at radius 3 is 2.46 bits per heavy atom. The number of phenols is 1. The Morgan fingerprint density at radius 2 is 1.84 bits per heavy atom. The van der Waals surface area contributed by atoms with Crippen molar-refractivity contribution in [1.82, 2.24) is 5.32 Å². The lowest BCUT2D eigenvalue weighted by atomic mass is 9.81. The fraction of sp³-hybridized carbons (Fsp3) is 0.519. The Balaban J connectivity index is 1.19. The number of aromatic hydroxyl groups is 1. The number of hydrogen-bond acceptors (Lipinski definition) is 8. The van der Waals surface area contributed by atoms with E-state index in [1.165, 1.54) is 23.8 Å². The van der Waals surface area contributed by atoms with Gasteiger partial charge < -0.3 is 25.0 Å². The fourth-order valence-corrected chi connectivity index (χ4v) is 5.26. The first kappa shape index (κ1) is 27.2. The summed E-state index contributed by atoms with van der Waals surface area (Å²) in [6.45, 7) is 5.19. The zero-order valence-corrected chi connectivity index (χ0v) is 22.4. The van der Waals surface area contributed by atoms with Crippen LogP contribution in [0.2, 0.25) is 0 Å².